The lowest BCUT2D eigenvalue weighted by molar-refractivity contribution is -0.122. The number of nitrogens with one attached hydrogen (secondary N) is 1. The van der Waals surface area contributed by atoms with Crippen LogP contribution >= 0.6 is 0 Å². The fourth-order valence-corrected chi connectivity index (χ4v) is 4.15. The number of rotatable bonds is 5. The third kappa shape index (κ3) is 3.75. The first kappa shape index (κ1) is 19.9. The van der Waals surface area contributed by atoms with Gasteiger partial charge in [-0.05, 0) is 49.2 Å². The summed E-state index contributed by atoms with van der Waals surface area (Å²) < 4.78 is 5.35. The molecule has 0 aliphatic carbocycles. The van der Waals surface area contributed by atoms with Crippen molar-refractivity contribution in [1.82, 2.24) is 0 Å². The van der Waals surface area contributed by atoms with Gasteiger partial charge in [0.05, 0.1) is 18.7 Å². The number of hydrogen-bond acceptors (Lipinski definition) is 4. The number of nitrogens with zero attached hydrogens (tertiary/aromatic N) is 2. The third-order valence-corrected chi connectivity index (χ3v) is 5.70. The van der Waals surface area contributed by atoms with E-state index in [1.165, 1.54) is 0 Å². The number of aryl methyl sites for hydroxylation is 1. The first-order valence-corrected chi connectivity index (χ1v) is 10.1. The Balaban J connectivity index is 1.45. The molecular weight excluding hydrogens is 382 g/mol. The van der Waals surface area contributed by atoms with Crippen LogP contribution in [0.2, 0.25) is 0 Å². The summed E-state index contributed by atoms with van der Waals surface area (Å²) in [5.41, 5.74) is 3.15. The maximum absolute atomic E-state index is 12.8. The van der Waals surface area contributed by atoms with Gasteiger partial charge in [0.25, 0.3) is 0 Å². The lowest BCUT2D eigenvalue weighted by atomic mass is 10.1. The standard InChI is InChI=1S/C23H25N3O4/c1-15-12-17(9-10-18(15)25-11-5-8-21(25)27)24-23(29)16-13-22(28)26(14-16)19-6-3-4-7-20(19)30-2/h3-4,6-7,9-10,12,16H,5,8,11,13-14H2,1-2H3,(H,24,29)/t16-/m0/s1. The van der Waals surface area contributed by atoms with Crippen molar-refractivity contribution in [2.45, 2.75) is 26.2 Å². The molecule has 7 heteroatoms. The van der Waals surface area contributed by atoms with Crippen LogP contribution in [-0.4, -0.2) is 37.9 Å². The topological polar surface area (TPSA) is 79.0 Å². The molecule has 4 rings (SSSR count). The fourth-order valence-electron chi connectivity index (χ4n) is 4.15. The summed E-state index contributed by atoms with van der Waals surface area (Å²) >= 11 is 0. The zero-order valence-corrected chi connectivity index (χ0v) is 17.2. The number of amides is 3. The normalized spacial score (nSPS) is 18.8. The maximum atomic E-state index is 12.8. The lowest BCUT2D eigenvalue weighted by Gasteiger charge is -2.20. The number of ether oxygens (including phenoxy) is 1. The van der Waals surface area contributed by atoms with Crippen molar-refractivity contribution in [2.24, 2.45) is 5.92 Å². The number of carbonyl (C=O) groups is 3. The SMILES string of the molecule is COc1ccccc1N1C[C@@H](C(=O)Nc2ccc(N3CCCC3=O)c(C)c2)CC1=O. The van der Waals surface area contributed by atoms with E-state index in [-0.39, 0.29) is 24.1 Å². The summed E-state index contributed by atoms with van der Waals surface area (Å²) in [4.78, 5) is 40.7. The molecule has 156 valence electrons. The second kappa shape index (κ2) is 8.18. The summed E-state index contributed by atoms with van der Waals surface area (Å²) in [6, 6.07) is 12.8. The number of benzene rings is 2. The quantitative estimate of drug-likeness (QED) is 0.826. The Morgan fingerprint density at radius 3 is 2.57 bits per heavy atom. The van der Waals surface area contributed by atoms with Crippen molar-refractivity contribution in [2.75, 3.05) is 35.3 Å². The molecule has 0 aromatic heterocycles. The van der Waals surface area contributed by atoms with Crippen LogP contribution in [0, 0.1) is 12.8 Å². The predicted octanol–water partition coefficient (Wildman–Crippen LogP) is 3.12. The van der Waals surface area contributed by atoms with Gasteiger partial charge in [0.1, 0.15) is 5.75 Å². The largest absolute Gasteiger partial charge is 0.495 e. The van der Waals surface area contributed by atoms with Crippen LogP contribution in [0.1, 0.15) is 24.8 Å². The number of para-hydroxylation sites is 2. The Morgan fingerprint density at radius 2 is 1.87 bits per heavy atom. The van der Waals surface area contributed by atoms with Crippen LogP contribution in [0.25, 0.3) is 0 Å². The molecule has 2 aromatic carbocycles. The predicted molar refractivity (Wildman–Crippen MR) is 115 cm³/mol. The second-order valence-electron chi connectivity index (χ2n) is 7.72. The minimum absolute atomic E-state index is 0.0984. The summed E-state index contributed by atoms with van der Waals surface area (Å²) in [5, 5.41) is 2.92. The summed E-state index contributed by atoms with van der Waals surface area (Å²) in [7, 11) is 1.56. The van der Waals surface area contributed by atoms with E-state index >= 15 is 0 Å². The van der Waals surface area contributed by atoms with E-state index in [1.54, 1.807) is 29.0 Å². The van der Waals surface area contributed by atoms with E-state index < -0.39 is 5.92 Å². The summed E-state index contributed by atoms with van der Waals surface area (Å²) in [5.74, 6) is 0.0109. The second-order valence-corrected chi connectivity index (χ2v) is 7.72. The smallest absolute Gasteiger partial charge is 0.229 e. The maximum Gasteiger partial charge on any atom is 0.229 e. The van der Waals surface area contributed by atoms with Gasteiger partial charge in [0.15, 0.2) is 0 Å². The first-order chi connectivity index (χ1) is 14.5. The third-order valence-electron chi connectivity index (χ3n) is 5.70. The lowest BCUT2D eigenvalue weighted by Crippen LogP contribution is -2.28. The molecule has 0 unspecified atom stereocenters. The average Bonchev–Trinajstić information content (AvgIpc) is 3.33. The van der Waals surface area contributed by atoms with Crippen molar-refractivity contribution in [3.63, 3.8) is 0 Å². The zero-order chi connectivity index (χ0) is 21.3. The highest BCUT2D eigenvalue weighted by Gasteiger charge is 2.36. The molecule has 2 saturated heterocycles. The van der Waals surface area contributed by atoms with Crippen LogP contribution in [0.4, 0.5) is 17.1 Å². The molecule has 2 aliphatic rings. The van der Waals surface area contributed by atoms with E-state index in [0.29, 0.717) is 30.1 Å². The Morgan fingerprint density at radius 1 is 1.07 bits per heavy atom. The van der Waals surface area contributed by atoms with Gasteiger partial charge in [-0.3, -0.25) is 14.4 Å². The Hall–Kier alpha value is -3.35. The fraction of sp³-hybridized carbons (Fsp3) is 0.348. The molecule has 2 aliphatic heterocycles. The molecule has 0 saturated carbocycles. The van der Waals surface area contributed by atoms with E-state index in [9.17, 15) is 14.4 Å². The highest BCUT2D eigenvalue weighted by Crippen LogP contribution is 2.33. The molecule has 1 N–H and O–H groups in total. The van der Waals surface area contributed by atoms with Gasteiger partial charge < -0.3 is 19.9 Å². The Bertz CT molecular complexity index is 1000. The van der Waals surface area contributed by atoms with Crippen molar-refractivity contribution < 1.29 is 19.1 Å². The van der Waals surface area contributed by atoms with Gasteiger partial charge in [-0.1, -0.05) is 12.1 Å². The molecule has 7 nitrogen and oxygen atoms in total. The Labute approximate surface area is 175 Å². The number of anilines is 3. The van der Waals surface area contributed by atoms with Crippen LogP contribution in [0.15, 0.2) is 42.5 Å². The van der Waals surface area contributed by atoms with Gasteiger partial charge in [-0.15, -0.1) is 0 Å². The molecule has 1 atom stereocenters. The molecule has 2 heterocycles. The van der Waals surface area contributed by atoms with Gasteiger partial charge in [0.2, 0.25) is 17.7 Å². The first-order valence-electron chi connectivity index (χ1n) is 10.1. The minimum Gasteiger partial charge on any atom is -0.495 e. The molecule has 2 aromatic rings. The van der Waals surface area contributed by atoms with Crippen LogP contribution in [-0.2, 0) is 14.4 Å². The van der Waals surface area contributed by atoms with Gasteiger partial charge in [0, 0.05) is 37.3 Å². The molecule has 2 fully saturated rings. The molecule has 30 heavy (non-hydrogen) atoms. The van der Waals surface area contributed by atoms with E-state index in [2.05, 4.69) is 5.32 Å². The molecule has 0 spiro atoms. The summed E-state index contributed by atoms with van der Waals surface area (Å²) in [6.45, 7) is 2.97. The average molecular weight is 407 g/mol. The van der Waals surface area contributed by atoms with E-state index in [1.807, 2.05) is 37.3 Å². The number of carbonyl (C=O) groups excluding carboxylic acids is 3. The van der Waals surface area contributed by atoms with Gasteiger partial charge in [-0.2, -0.15) is 0 Å². The van der Waals surface area contributed by atoms with E-state index in [4.69, 9.17) is 4.74 Å². The van der Waals surface area contributed by atoms with E-state index in [0.717, 1.165) is 24.2 Å². The van der Waals surface area contributed by atoms with Crippen LogP contribution < -0.4 is 19.9 Å². The molecule has 0 radical (unpaired) electrons. The van der Waals surface area contributed by atoms with Crippen molar-refractivity contribution >= 4 is 34.8 Å². The minimum atomic E-state index is -0.442. The highest BCUT2D eigenvalue weighted by atomic mass is 16.5. The van der Waals surface area contributed by atoms with Crippen LogP contribution in [0.3, 0.4) is 0 Å². The molecule has 0 bridgehead atoms. The van der Waals surface area contributed by atoms with Crippen molar-refractivity contribution in [3.05, 3.63) is 48.0 Å². The van der Waals surface area contributed by atoms with Gasteiger partial charge >= 0.3 is 0 Å². The highest BCUT2D eigenvalue weighted by molar-refractivity contribution is 6.04. The van der Waals surface area contributed by atoms with Gasteiger partial charge in [-0.25, -0.2) is 0 Å². The molecular formula is C23H25N3O4. The van der Waals surface area contributed by atoms with Crippen LogP contribution in [0.5, 0.6) is 5.75 Å². The zero-order valence-electron chi connectivity index (χ0n) is 17.2. The molecule has 3 amide bonds. The number of methoxy groups -OCH3 is 1. The van der Waals surface area contributed by atoms with Crippen molar-refractivity contribution in [3.8, 4) is 5.75 Å². The number of hydrogen-bond donors (Lipinski definition) is 1. The summed E-state index contributed by atoms with van der Waals surface area (Å²) in [6.07, 6.45) is 1.61. The Kier molecular flexibility index (Phi) is 5.44. The monoisotopic (exact) mass is 407 g/mol. The van der Waals surface area contributed by atoms with Crippen molar-refractivity contribution in [1.29, 1.82) is 0 Å².